The molecule has 0 aromatic carbocycles. The molecule has 3 heterocycles. The van der Waals surface area contributed by atoms with Gasteiger partial charge >= 0.3 is 0 Å². The molecular weight excluding hydrogens is 284 g/mol. The van der Waals surface area contributed by atoms with Crippen molar-refractivity contribution >= 4 is 5.91 Å². The summed E-state index contributed by atoms with van der Waals surface area (Å²) in [6.07, 6.45) is 2.26. The number of likely N-dealkylation sites (tertiary alicyclic amines) is 1. The van der Waals surface area contributed by atoms with Gasteiger partial charge in [0.25, 0.3) is 0 Å². The molecule has 0 radical (unpaired) electrons. The van der Waals surface area contributed by atoms with Crippen LogP contribution in [0, 0.1) is 20.8 Å². The van der Waals surface area contributed by atoms with Crippen LogP contribution in [0.1, 0.15) is 47.5 Å². The standard InChI is InChI=1S/C15H20N4O3/c1-9-13(10(2)21-17-9)7-14(20)19-6-4-5-12(8-19)15-16-11(3)22-18-15/h12H,4-8H2,1-3H3. The third-order valence-corrected chi connectivity index (χ3v) is 4.19. The van der Waals surface area contributed by atoms with Gasteiger partial charge < -0.3 is 13.9 Å². The van der Waals surface area contributed by atoms with Crippen LogP contribution in [0.2, 0.25) is 0 Å². The van der Waals surface area contributed by atoms with Gasteiger partial charge in [-0.3, -0.25) is 4.79 Å². The number of hydrogen-bond donors (Lipinski definition) is 0. The van der Waals surface area contributed by atoms with Crippen LogP contribution in [-0.4, -0.2) is 39.2 Å². The monoisotopic (exact) mass is 304 g/mol. The number of hydrogen-bond acceptors (Lipinski definition) is 6. The molecule has 7 heteroatoms. The lowest BCUT2D eigenvalue weighted by Gasteiger charge is -2.31. The van der Waals surface area contributed by atoms with Crippen molar-refractivity contribution in [1.82, 2.24) is 20.2 Å². The first-order valence-electron chi connectivity index (χ1n) is 7.54. The first-order valence-corrected chi connectivity index (χ1v) is 7.54. The maximum atomic E-state index is 12.5. The van der Waals surface area contributed by atoms with Crippen LogP contribution in [-0.2, 0) is 11.2 Å². The molecule has 1 saturated heterocycles. The third kappa shape index (κ3) is 2.88. The van der Waals surface area contributed by atoms with E-state index in [0.29, 0.717) is 30.4 Å². The average Bonchev–Trinajstić information content (AvgIpc) is 3.08. The molecule has 1 amide bonds. The summed E-state index contributed by atoms with van der Waals surface area (Å²) in [7, 11) is 0. The van der Waals surface area contributed by atoms with Gasteiger partial charge in [0.15, 0.2) is 5.82 Å². The van der Waals surface area contributed by atoms with E-state index in [1.807, 2.05) is 18.7 Å². The SMILES string of the molecule is Cc1nc(C2CCCN(C(=O)Cc3c(C)noc3C)C2)no1. The fourth-order valence-corrected chi connectivity index (χ4v) is 2.91. The summed E-state index contributed by atoms with van der Waals surface area (Å²) in [5, 5.41) is 7.89. The number of rotatable bonds is 3. The van der Waals surface area contributed by atoms with Crippen molar-refractivity contribution in [3.8, 4) is 0 Å². The summed E-state index contributed by atoms with van der Waals surface area (Å²) in [6.45, 7) is 6.89. The average molecular weight is 304 g/mol. The zero-order valence-electron chi connectivity index (χ0n) is 13.1. The summed E-state index contributed by atoms with van der Waals surface area (Å²) in [4.78, 5) is 18.7. The molecule has 0 spiro atoms. The molecule has 22 heavy (non-hydrogen) atoms. The quantitative estimate of drug-likeness (QED) is 0.861. The van der Waals surface area contributed by atoms with Gasteiger partial charge in [0.05, 0.1) is 12.1 Å². The van der Waals surface area contributed by atoms with E-state index in [4.69, 9.17) is 9.05 Å². The largest absolute Gasteiger partial charge is 0.361 e. The fourth-order valence-electron chi connectivity index (χ4n) is 2.91. The Hall–Kier alpha value is -2.18. The van der Waals surface area contributed by atoms with Crippen molar-refractivity contribution in [2.45, 2.75) is 46.0 Å². The lowest BCUT2D eigenvalue weighted by molar-refractivity contribution is -0.131. The van der Waals surface area contributed by atoms with E-state index in [2.05, 4.69) is 15.3 Å². The van der Waals surface area contributed by atoms with Gasteiger partial charge in [-0.2, -0.15) is 4.98 Å². The Morgan fingerprint density at radius 3 is 2.73 bits per heavy atom. The maximum Gasteiger partial charge on any atom is 0.227 e. The Bertz CT molecular complexity index is 657. The van der Waals surface area contributed by atoms with E-state index < -0.39 is 0 Å². The van der Waals surface area contributed by atoms with Crippen molar-refractivity contribution in [1.29, 1.82) is 0 Å². The van der Waals surface area contributed by atoms with Crippen LogP contribution < -0.4 is 0 Å². The molecule has 0 saturated carbocycles. The van der Waals surface area contributed by atoms with Crippen molar-refractivity contribution in [3.63, 3.8) is 0 Å². The van der Waals surface area contributed by atoms with E-state index in [1.54, 1.807) is 6.92 Å². The first-order chi connectivity index (χ1) is 10.5. The highest BCUT2D eigenvalue weighted by Gasteiger charge is 2.28. The molecule has 7 nitrogen and oxygen atoms in total. The maximum absolute atomic E-state index is 12.5. The lowest BCUT2D eigenvalue weighted by atomic mass is 9.96. The number of amides is 1. The van der Waals surface area contributed by atoms with Gasteiger partial charge in [0, 0.05) is 31.5 Å². The molecule has 2 aromatic heterocycles. The summed E-state index contributed by atoms with van der Waals surface area (Å²) >= 11 is 0. The van der Waals surface area contributed by atoms with Crippen LogP contribution in [0.3, 0.4) is 0 Å². The van der Waals surface area contributed by atoms with Crippen LogP contribution in [0.25, 0.3) is 0 Å². The van der Waals surface area contributed by atoms with Gasteiger partial charge in [-0.05, 0) is 26.7 Å². The molecule has 1 fully saturated rings. The Balaban J connectivity index is 1.68. The first kappa shape index (κ1) is 14.7. The molecular formula is C15H20N4O3. The topological polar surface area (TPSA) is 85.3 Å². The molecule has 1 aliphatic rings. The molecule has 118 valence electrons. The molecule has 0 bridgehead atoms. The highest BCUT2D eigenvalue weighted by Crippen LogP contribution is 2.25. The van der Waals surface area contributed by atoms with Crippen LogP contribution in [0.4, 0.5) is 0 Å². The predicted octanol–water partition coefficient (Wildman–Crippen LogP) is 1.93. The fraction of sp³-hybridized carbons (Fsp3) is 0.600. The van der Waals surface area contributed by atoms with Gasteiger partial charge in [-0.1, -0.05) is 10.3 Å². The highest BCUT2D eigenvalue weighted by atomic mass is 16.5. The molecule has 2 aromatic rings. The van der Waals surface area contributed by atoms with Gasteiger partial charge in [-0.25, -0.2) is 0 Å². The van der Waals surface area contributed by atoms with Gasteiger partial charge in [0.1, 0.15) is 5.76 Å². The van der Waals surface area contributed by atoms with Crippen LogP contribution in [0.15, 0.2) is 9.05 Å². The number of nitrogens with zero attached hydrogens (tertiary/aromatic N) is 4. The van der Waals surface area contributed by atoms with Gasteiger partial charge in [0.2, 0.25) is 11.8 Å². The second-order valence-corrected chi connectivity index (χ2v) is 5.83. The second-order valence-electron chi connectivity index (χ2n) is 5.83. The van der Waals surface area contributed by atoms with Crippen molar-refractivity contribution in [3.05, 3.63) is 28.7 Å². The van der Waals surface area contributed by atoms with Gasteiger partial charge in [-0.15, -0.1) is 0 Å². The Morgan fingerprint density at radius 1 is 1.27 bits per heavy atom. The Kier molecular flexibility index (Phi) is 3.96. The van der Waals surface area contributed by atoms with Crippen molar-refractivity contribution < 1.29 is 13.8 Å². The minimum absolute atomic E-state index is 0.0966. The second kappa shape index (κ2) is 5.90. The molecule has 0 N–H and O–H groups in total. The smallest absolute Gasteiger partial charge is 0.227 e. The molecule has 1 unspecified atom stereocenters. The van der Waals surface area contributed by atoms with E-state index in [1.165, 1.54) is 0 Å². The Labute approximate surface area is 128 Å². The zero-order chi connectivity index (χ0) is 15.7. The Morgan fingerprint density at radius 2 is 2.09 bits per heavy atom. The summed E-state index contributed by atoms with van der Waals surface area (Å²) in [5.74, 6) is 2.23. The van der Waals surface area contributed by atoms with Crippen LogP contribution in [0.5, 0.6) is 0 Å². The van der Waals surface area contributed by atoms with E-state index in [-0.39, 0.29) is 11.8 Å². The van der Waals surface area contributed by atoms with Crippen LogP contribution >= 0.6 is 0 Å². The number of piperidine rings is 1. The number of carbonyl (C=O) groups excluding carboxylic acids is 1. The normalized spacial score (nSPS) is 18.7. The molecule has 0 aliphatic carbocycles. The summed E-state index contributed by atoms with van der Waals surface area (Å²) in [5.41, 5.74) is 1.68. The number of aryl methyl sites for hydroxylation is 3. The zero-order valence-corrected chi connectivity index (χ0v) is 13.1. The van der Waals surface area contributed by atoms with E-state index in [0.717, 1.165) is 30.6 Å². The lowest BCUT2D eigenvalue weighted by Crippen LogP contribution is -2.40. The van der Waals surface area contributed by atoms with E-state index >= 15 is 0 Å². The third-order valence-electron chi connectivity index (χ3n) is 4.19. The predicted molar refractivity (Wildman–Crippen MR) is 77.3 cm³/mol. The molecule has 3 rings (SSSR count). The highest BCUT2D eigenvalue weighted by molar-refractivity contribution is 5.79. The summed E-state index contributed by atoms with van der Waals surface area (Å²) < 4.78 is 10.2. The molecule has 1 atom stereocenters. The van der Waals surface area contributed by atoms with Crippen molar-refractivity contribution in [2.75, 3.05) is 13.1 Å². The summed E-state index contributed by atoms with van der Waals surface area (Å²) in [6, 6.07) is 0. The van der Waals surface area contributed by atoms with Crippen molar-refractivity contribution in [2.24, 2.45) is 0 Å². The van der Waals surface area contributed by atoms with E-state index in [9.17, 15) is 4.79 Å². The number of aromatic nitrogens is 3. The minimum atomic E-state index is 0.0966. The molecule has 1 aliphatic heterocycles. The minimum Gasteiger partial charge on any atom is -0.361 e. The number of carbonyl (C=O) groups is 1.